The van der Waals surface area contributed by atoms with Gasteiger partial charge in [-0.15, -0.1) is 0 Å². The maximum atomic E-state index is 13.3. The summed E-state index contributed by atoms with van der Waals surface area (Å²) in [6.07, 6.45) is -2.48. The number of piperidine rings is 1. The van der Waals surface area contributed by atoms with Gasteiger partial charge in [-0.25, -0.2) is 0 Å². The van der Waals surface area contributed by atoms with Gasteiger partial charge in [0.1, 0.15) is 5.75 Å². The van der Waals surface area contributed by atoms with E-state index < -0.39 is 22.9 Å². The molecule has 1 fully saturated rings. The summed E-state index contributed by atoms with van der Waals surface area (Å²) in [5.41, 5.74) is 6.27. The highest BCUT2D eigenvalue weighted by Crippen LogP contribution is 2.36. The number of nitriles is 1. The average Bonchev–Trinajstić information content (AvgIpc) is 2.79. The molecule has 33 heavy (non-hydrogen) atoms. The van der Waals surface area contributed by atoms with Crippen LogP contribution in [-0.4, -0.2) is 30.4 Å². The summed E-state index contributed by atoms with van der Waals surface area (Å²) < 4.78 is 45.7. The quantitative estimate of drug-likeness (QED) is 0.600. The van der Waals surface area contributed by atoms with Crippen LogP contribution >= 0.6 is 0 Å². The highest BCUT2D eigenvalue weighted by molar-refractivity contribution is 5.55. The van der Waals surface area contributed by atoms with Crippen LogP contribution in [0.15, 0.2) is 36.4 Å². The Morgan fingerprint density at radius 1 is 1.21 bits per heavy atom. The number of hydrogen-bond acceptors (Lipinski definition) is 5. The predicted octanol–water partition coefficient (Wildman–Crippen LogP) is 5.10. The van der Waals surface area contributed by atoms with Crippen LogP contribution in [0.4, 0.5) is 18.9 Å². The molecule has 0 aromatic heterocycles. The predicted molar refractivity (Wildman–Crippen MR) is 121 cm³/mol. The lowest BCUT2D eigenvalue weighted by atomic mass is 9.88. The van der Waals surface area contributed by atoms with Crippen LogP contribution in [0.3, 0.4) is 0 Å². The van der Waals surface area contributed by atoms with Crippen molar-refractivity contribution < 1.29 is 23.0 Å². The molecular formula is C25H30F3N3O2. The van der Waals surface area contributed by atoms with Crippen molar-refractivity contribution in [2.75, 3.05) is 24.6 Å². The largest absolute Gasteiger partial charge is 0.493 e. The number of ether oxygens (including phenoxy) is 1. The molecule has 3 rings (SSSR count). The summed E-state index contributed by atoms with van der Waals surface area (Å²) in [4.78, 5) is 1.81. The van der Waals surface area contributed by atoms with E-state index in [0.717, 1.165) is 29.4 Å². The van der Waals surface area contributed by atoms with Crippen molar-refractivity contribution in [3.8, 4) is 11.8 Å². The van der Waals surface area contributed by atoms with Crippen molar-refractivity contribution in [1.82, 2.24) is 0 Å². The number of benzene rings is 2. The van der Waals surface area contributed by atoms with Crippen molar-refractivity contribution in [3.05, 3.63) is 58.7 Å². The number of nitrogens with zero attached hydrogens (tertiary/aromatic N) is 2. The number of hydrogen-bond donors (Lipinski definition) is 2. The molecule has 1 saturated heterocycles. The Bertz CT molecular complexity index is 1010. The van der Waals surface area contributed by atoms with Crippen LogP contribution < -0.4 is 15.4 Å². The van der Waals surface area contributed by atoms with Crippen LogP contribution in [-0.2, 0) is 6.18 Å². The zero-order valence-corrected chi connectivity index (χ0v) is 19.0. The van der Waals surface area contributed by atoms with Crippen molar-refractivity contribution in [2.45, 2.75) is 57.3 Å². The third-order valence-electron chi connectivity index (χ3n) is 6.38. The Labute approximate surface area is 192 Å². The fraction of sp³-hybridized carbons (Fsp3) is 0.480. The first kappa shape index (κ1) is 24.9. The van der Waals surface area contributed by atoms with Gasteiger partial charge in [-0.1, -0.05) is 19.1 Å². The Hall–Kier alpha value is -2.76. The average molecular weight is 462 g/mol. The van der Waals surface area contributed by atoms with Crippen molar-refractivity contribution in [3.63, 3.8) is 0 Å². The third kappa shape index (κ3) is 5.98. The van der Waals surface area contributed by atoms with E-state index in [0.29, 0.717) is 44.6 Å². The molecule has 1 aliphatic heterocycles. The SMILES string of the molecule is CCC(N)c1ccc(OCCC2(O)CCN(c3ccc(C#N)c(C(F)(F)F)c3)CC2)c(C)c1. The van der Waals surface area contributed by atoms with E-state index >= 15 is 0 Å². The smallest absolute Gasteiger partial charge is 0.417 e. The fourth-order valence-electron chi connectivity index (χ4n) is 4.14. The Kier molecular flexibility index (Phi) is 7.55. The minimum atomic E-state index is -4.59. The second-order valence-electron chi connectivity index (χ2n) is 8.69. The maximum absolute atomic E-state index is 13.3. The number of anilines is 1. The molecule has 2 aromatic carbocycles. The normalized spacial score (nSPS) is 16.8. The molecule has 0 aliphatic carbocycles. The summed E-state index contributed by atoms with van der Waals surface area (Å²) in [5, 5.41) is 19.9. The summed E-state index contributed by atoms with van der Waals surface area (Å²) in [6, 6.07) is 11.2. The molecule has 0 bridgehead atoms. The molecule has 1 atom stereocenters. The molecule has 0 spiro atoms. The van der Waals surface area contributed by atoms with Crippen molar-refractivity contribution in [1.29, 1.82) is 5.26 Å². The van der Waals surface area contributed by atoms with Gasteiger partial charge < -0.3 is 20.5 Å². The van der Waals surface area contributed by atoms with E-state index in [4.69, 9.17) is 15.7 Å². The van der Waals surface area contributed by atoms with E-state index in [1.54, 1.807) is 6.07 Å². The monoisotopic (exact) mass is 461 g/mol. The summed E-state index contributed by atoms with van der Waals surface area (Å²) in [7, 11) is 0. The first-order chi connectivity index (χ1) is 15.6. The van der Waals surface area contributed by atoms with Gasteiger partial charge in [-0.2, -0.15) is 18.4 Å². The van der Waals surface area contributed by atoms with Crippen molar-refractivity contribution in [2.24, 2.45) is 5.73 Å². The zero-order chi connectivity index (χ0) is 24.2. The second kappa shape index (κ2) is 10.0. The van der Waals surface area contributed by atoms with Gasteiger partial charge in [-0.05, 0) is 61.6 Å². The van der Waals surface area contributed by atoms with Gasteiger partial charge >= 0.3 is 6.18 Å². The molecule has 3 N–H and O–H groups in total. The molecule has 0 radical (unpaired) electrons. The number of aliphatic hydroxyl groups is 1. The Morgan fingerprint density at radius 2 is 1.91 bits per heavy atom. The molecular weight excluding hydrogens is 431 g/mol. The van der Waals surface area contributed by atoms with Crippen molar-refractivity contribution >= 4 is 5.69 Å². The topological polar surface area (TPSA) is 82.5 Å². The molecule has 178 valence electrons. The standard InChI is InChI=1S/C25H30F3N3O2/c1-3-22(30)18-5-7-23(17(2)14-18)33-13-10-24(32)8-11-31(12-9-24)20-6-4-19(16-29)21(15-20)25(26,27)28/h4-7,14-15,22,32H,3,8-13,30H2,1-2H3. The molecule has 0 amide bonds. The summed E-state index contributed by atoms with van der Waals surface area (Å²) in [5.74, 6) is 0.750. The Balaban J connectivity index is 1.57. The minimum absolute atomic E-state index is 0.00744. The van der Waals surface area contributed by atoms with Gasteiger partial charge in [0.2, 0.25) is 0 Å². The van der Waals surface area contributed by atoms with Crippen LogP contribution in [0.2, 0.25) is 0 Å². The highest BCUT2D eigenvalue weighted by Gasteiger charge is 2.36. The van der Waals surface area contributed by atoms with Gasteiger partial charge in [0.05, 0.1) is 29.4 Å². The minimum Gasteiger partial charge on any atom is -0.493 e. The zero-order valence-electron chi connectivity index (χ0n) is 19.0. The number of rotatable bonds is 7. The van der Waals surface area contributed by atoms with E-state index in [1.807, 2.05) is 36.9 Å². The lowest BCUT2D eigenvalue weighted by molar-refractivity contribution is -0.137. The molecule has 1 unspecified atom stereocenters. The van der Waals surface area contributed by atoms with E-state index in [1.165, 1.54) is 12.1 Å². The third-order valence-corrected chi connectivity index (χ3v) is 6.38. The summed E-state index contributed by atoms with van der Waals surface area (Å²) >= 11 is 0. The molecule has 8 heteroatoms. The molecule has 1 aliphatic rings. The molecule has 2 aromatic rings. The van der Waals surface area contributed by atoms with Gasteiger partial charge in [0.15, 0.2) is 0 Å². The van der Waals surface area contributed by atoms with Crippen LogP contribution in [0, 0.1) is 18.3 Å². The van der Waals surface area contributed by atoms with E-state index in [9.17, 15) is 18.3 Å². The first-order valence-corrected chi connectivity index (χ1v) is 11.1. The maximum Gasteiger partial charge on any atom is 0.417 e. The second-order valence-corrected chi connectivity index (χ2v) is 8.69. The Morgan fingerprint density at radius 3 is 2.48 bits per heavy atom. The lowest BCUT2D eigenvalue weighted by Crippen LogP contribution is -2.45. The number of nitrogens with two attached hydrogens (primary N) is 1. The lowest BCUT2D eigenvalue weighted by Gasteiger charge is -2.39. The van der Waals surface area contributed by atoms with Gasteiger partial charge in [0.25, 0.3) is 0 Å². The fourth-order valence-corrected chi connectivity index (χ4v) is 4.14. The van der Waals surface area contributed by atoms with E-state index in [2.05, 4.69) is 0 Å². The van der Waals surface area contributed by atoms with Gasteiger partial charge in [-0.3, -0.25) is 0 Å². The van der Waals surface area contributed by atoms with E-state index in [-0.39, 0.29) is 6.04 Å². The van der Waals surface area contributed by atoms with Crippen LogP contribution in [0.1, 0.15) is 60.9 Å². The van der Waals surface area contributed by atoms with Crippen LogP contribution in [0.5, 0.6) is 5.75 Å². The number of halogens is 3. The highest BCUT2D eigenvalue weighted by atomic mass is 19.4. The van der Waals surface area contributed by atoms with Gasteiger partial charge in [0, 0.05) is 31.2 Å². The number of alkyl halides is 3. The first-order valence-electron chi connectivity index (χ1n) is 11.1. The molecule has 1 heterocycles. The van der Waals surface area contributed by atoms with Crippen LogP contribution in [0.25, 0.3) is 0 Å². The number of aryl methyl sites for hydroxylation is 1. The molecule has 5 nitrogen and oxygen atoms in total. The molecule has 0 saturated carbocycles. The summed E-state index contributed by atoms with van der Waals surface area (Å²) in [6.45, 7) is 5.17.